The topological polar surface area (TPSA) is 58.6 Å². The third kappa shape index (κ3) is 7.09. The summed E-state index contributed by atoms with van der Waals surface area (Å²) < 4.78 is 5.78. The van der Waals surface area contributed by atoms with Crippen LogP contribution in [-0.2, 0) is 22.6 Å². The van der Waals surface area contributed by atoms with Gasteiger partial charge in [0, 0.05) is 19.0 Å². The first kappa shape index (κ1) is 24.8. The third-order valence-corrected chi connectivity index (χ3v) is 6.67. The van der Waals surface area contributed by atoms with E-state index >= 15 is 0 Å². The highest BCUT2D eigenvalue weighted by Gasteiger charge is 2.32. The van der Waals surface area contributed by atoms with E-state index in [2.05, 4.69) is 5.32 Å². The molecule has 3 aromatic rings. The van der Waals surface area contributed by atoms with Crippen LogP contribution in [0.4, 0.5) is 0 Å². The first-order chi connectivity index (χ1) is 17.1. The molecule has 0 radical (unpaired) electrons. The number of halogens is 1. The second-order valence-corrected chi connectivity index (χ2v) is 9.33. The molecule has 1 aliphatic rings. The number of hydrogen-bond acceptors (Lipinski definition) is 3. The molecule has 1 atom stereocenters. The molecular formula is C29H31ClN2O3. The van der Waals surface area contributed by atoms with E-state index in [4.69, 9.17) is 16.3 Å². The van der Waals surface area contributed by atoms with Crippen LogP contribution in [0.5, 0.6) is 5.75 Å². The lowest BCUT2D eigenvalue weighted by Crippen LogP contribution is -2.53. The Balaban J connectivity index is 1.60. The minimum atomic E-state index is -0.666. The van der Waals surface area contributed by atoms with E-state index in [-0.39, 0.29) is 24.5 Å². The molecule has 4 rings (SSSR count). The number of carbonyl (C=O) groups excluding carboxylic acids is 2. The summed E-state index contributed by atoms with van der Waals surface area (Å²) in [4.78, 5) is 28.8. The number of nitrogens with zero attached hydrogens (tertiary/aromatic N) is 1. The number of rotatable bonds is 10. The van der Waals surface area contributed by atoms with Gasteiger partial charge in [-0.15, -0.1) is 0 Å². The smallest absolute Gasteiger partial charge is 0.261 e. The van der Waals surface area contributed by atoms with Crippen molar-refractivity contribution in [2.24, 2.45) is 0 Å². The third-order valence-electron chi connectivity index (χ3n) is 6.36. The molecule has 3 aromatic carbocycles. The summed E-state index contributed by atoms with van der Waals surface area (Å²) >= 11 is 6.22. The quantitative estimate of drug-likeness (QED) is 0.413. The number of hydrogen-bond donors (Lipinski definition) is 1. The molecule has 0 saturated heterocycles. The van der Waals surface area contributed by atoms with Crippen LogP contribution in [0.15, 0.2) is 84.9 Å². The summed E-state index contributed by atoms with van der Waals surface area (Å²) in [6, 6.07) is 26.1. The SMILES string of the molecule is O=C(NC1CCCC1)[C@@H](Cc1ccccc1)N(Cc1ccccc1)C(=O)COc1ccccc1Cl. The molecule has 1 fully saturated rings. The first-order valence-electron chi connectivity index (χ1n) is 12.1. The van der Waals surface area contributed by atoms with Crippen LogP contribution in [0.2, 0.25) is 5.02 Å². The molecule has 1 aliphatic carbocycles. The summed E-state index contributed by atoms with van der Waals surface area (Å²) in [5, 5.41) is 3.65. The zero-order chi connectivity index (χ0) is 24.5. The molecule has 0 aromatic heterocycles. The highest BCUT2D eigenvalue weighted by atomic mass is 35.5. The maximum absolute atomic E-state index is 13.6. The van der Waals surface area contributed by atoms with Crippen molar-refractivity contribution < 1.29 is 14.3 Å². The molecule has 0 aliphatic heterocycles. The normalized spacial score (nSPS) is 14.3. The van der Waals surface area contributed by atoms with Gasteiger partial charge in [0.05, 0.1) is 5.02 Å². The van der Waals surface area contributed by atoms with Crippen molar-refractivity contribution in [3.8, 4) is 5.75 Å². The van der Waals surface area contributed by atoms with Gasteiger partial charge in [0.15, 0.2) is 6.61 Å². The molecular weight excluding hydrogens is 460 g/mol. The predicted octanol–water partition coefficient (Wildman–Crippen LogP) is 5.42. The molecule has 1 saturated carbocycles. The fraction of sp³-hybridized carbons (Fsp3) is 0.310. The van der Waals surface area contributed by atoms with Crippen molar-refractivity contribution in [2.75, 3.05) is 6.61 Å². The van der Waals surface area contributed by atoms with Gasteiger partial charge in [-0.05, 0) is 36.1 Å². The van der Waals surface area contributed by atoms with Crippen LogP contribution in [-0.4, -0.2) is 35.4 Å². The van der Waals surface area contributed by atoms with E-state index < -0.39 is 6.04 Å². The van der Waals surface area contributed by atoms with Crippen LogP contribution >= 0.6 is 11.6 Å². The summed E-state index contributed by atoms with van der Waals surface area (Å²) in [5.74, 6) is 0.0521. The van der Waals surface area contributed by atoms with Gasteiger partial charge in [0.25, 0.3) is 5.91 Å². The Bertz CT molecular complexity index is 1100. The Morgan fingerprint density at radius 2 is 1.49 bits per heavy atom. The monoisotopic (exact) mass is 490 g/mol. The van der Waals surface area contributed by atoms with Gasteiger partial charge in [-0.25, -0.2) is 0 Å². The number of para-hydroxylation sites is 1. The molecule has 6 heteroatoms. The lowest BCUT2D eigenvalue weighted by Gasteiger charge is -2.32. The molecule has 35 heavy (non-hydrogen) atoms. The number of benzene rings is 3. The molecule has 5 nitrogen and oxygen atoms in total. The van der Waals surface area contributed by atoms with Gasteiger partial charge in [0.1, 0.15) is 11.8 Å². The number of nitrogens with one attached hydrogen (secondary N) is 1. The summed E-state index contributed by atoms with van der Waals surface area (Å²) in [5.41, 5.74) is 1.95. The molecule has 0 bridgehead atoms. The van der Waals surface area contributed by atoms with Crippen molar-refractivity contribution in [1.29, 1.82) is 0 Å². The van der Waals surface area contributed by atoms with E-state index in [1.807, 2.05) is 66.7 Å². The van der Waals surface area contributed by atoms with Gasteiger partial charge in [-0.3, -0.25) is 9.59 Å². The predicted molar refractivity (Wildman–Crippen MR) is 138 cm³/mol. The molecule has 2 amide bonds. The van der Waals surface area contributed by atoms with Crippen molar-refractivity contribution in [2.45, 2.75) is 50.7 Å². The fourth-order valence-corrected chi connectivity index (χ4v) is 4.68. The summed E-state index contributed by atoms with van der Waals surface area (Å²) in [6.07, 6.45) is 4.61. The number of carbonyl (C=O) groups is 2. The van der Waals surface area contributed by atoms with E-state index in [9.17, 15) is 9.59 Å². The first-order valence-corrected chi connectivity index (χ1v) is 12.5. The molecule has 1 N–H and O–H groups in total. The highest BCUT2D eigenvalue weighted by Crippen LogP contribution is 2.24. The second-order valence-electron chi connectivity index (χ2n) is 8.92. The van der Waals surface area contributed by atoms with Gasteiger partial charge in [-0.1, -0.05) is 97.2 Å². The molecule has 0 unspecified atom stereocenters. The zero-order valence-corrected chi connectivity index (χ0v) is 20.5. The van der Waals surface area contributed by atoms with Gasteiger partial charge in [-0.2, -0.15) is 0 Å². The van der Waals surface area contributed by atoms with Crippen molar-refractivity contribution in [3.05, 3.63) is 101 Å². The average molecular weight is 491 g/mol. The highest BCUT2D eigenvalue weighted by molar-refractivity contribution is 6.32. The van der Waals surface area contributed by atoms with E-state index in [1.165, 1.54) is 0 Å². The van der Waals surface area contributed by atoms with Crippen LogP contribution < -0.4 is 10.1 Å². The molecule has 182 valence electrons. The largest absolute Gasteiger partial charge is 0.482 e. The number of ether oxygens (including phenoxy) is 1. The van der Waals surface area contributed by atoms with Crippen molar-refractivity contribution in [1.82, 2.24) is 10.2 Å². The lowest BCUT2D eigenvalue weighted by molar-refractivity contribution is -0.143. The Labute approximate surface area is 212 Å². The molecule has 0 heterocycles. The van der Waals surface area contributed by atoms with Crippen molar-refractivity contribution >= 4 is 23.4 Å². The van der Waals surface area contributed by atoms with Gasteiger partial charge >= 0.3 is 0 Å². The fourth-order valence-electron chi connectivity index (χ4n) is 4.49. The Hall–Kier alpha value is -3.31. The Kier molecular flexibility index (Phi) is 8.79. The van der Waals surface area contributed by atoms with Gasteiger partial charge in [0.2, 0.25) is 5.91 Å². The average Bonchev–Trinajstić information content (AvgIpc) is 3.39. The van der Waals surface area contributed by atoms with E-state index in [0.717, 1.165) is 36.8 Å². The summed E-state index contributed by atoms with van der Waals surface area (Å²) in [7, 11) is 0. The number of amides is 2. The maximum atomic E-state index is 13.6. The van der Waals surface area contributed by atoms with Crippen LogP contribution in [0.1, 0.15) is 36.8 Å². The minimum absolute atomic E-state index is 0.122. The Morgan fingerprint density at radius 1 is 0.886 bits per heavy atom. The molecule has 0 spiro atoms. The van der Waals surface area contributed by atoms with Crippen molar-refractivity contribution in [3.63, 3.8) is 0 Å². The van der Waals surface area contributed by atoms with E-state index in [0.29, 0.717) is 23.7 Å². The van der Waals surface area contributed by atoms with Crippen LogP contribution in [0.25, 0.3) is 0 Å². The second kappa shape index (κ2) is 12.4. The van der Waals surface area contributed by atoms with Crippen LogP contribution in [0, 0.1) is 0 Å². The van der Waals surface area contributed by atoms with Gasteiger partial charge < -0.3 is 15.0 Å². The van der Waals surface area contributed by atoms with E-state index in [1.54, 1.807) is 23.1 Å². The van der Waals surface area contributed by atoms with Crippen LogP contribution in [0.3, 0.4) is 0 Å². The standard InChI is InChI=1S/C29H31ClN2O3/c30-25-17-9-10-18-27(25)35-21-28(33)32(20-23-13-5-2-6-14-23)26(19-22-11-3-1-4-12-22)29(34)31-24-15-7-8-16-24/h1-6,9-14,17-18,24,26H,7-8,15-16,19-21H2,(H,31,34)/t26-/m1/s1. The maximum Gasteiger partial charge on any atom is 0.261 e. The minimum Gasteiger partial charge on any atom is -0.482 e. The lowest BCUT2D eigenvalue weighted by atomic mass is 10.0. The Morgan fingerprint density at radius 3 is 2.14 bits per heavy atom. The zero-order valence-electron chi connectivity index (χ0n) is 19.7. The summed E-state index contributed by atoms with van der Waals surface area (Å²) in [6.45, 7) is 0.0969.